The van der Waals surface area contributed by atoms with E-state index in [4.69, 9.17) is 4.74 Å². The lowest BCUT2D eigenvalue weighted by Gasteiger charge is -2.33. The van der Waals surface area contributed by atoms with Crippen molar-refractivity contribution >= 4 is 21.4 Å². The van der Waals surface area contributed by atoms with Crippen molar-refractivity contribution in [3.63, 3.8) is 0 Å². The number of aryl methyl sites for hydroxylation is 1. The predicted octanol–water partition coefficient (Wildman–Crippen LogP) is 3.62. The van der Waals surface area contributed by atoms with Crippen LogP contribution in [-0.2, 0) is 14.8 Å². The first-order valence-corrected chi connectivity index (χ1v) is 10.8. The fourth-order valence-electron chi connectivity index (χ4n) is 3.20. The van der Waals surface area contributed by atoms with Gasteiger partial charge in [-0.1, -0.05) is 24.3 Å². The van der Waals surface area contributed by atoms with E-state index in [-0.39, 0.29) is 11.0 Å². The van der Waals surface area contributed by atoms with Crippen LogP contribution in [0, 0.1) is 6.92 Å². The van der Waals surface area contributed by atoms with E-state index in [2.05, 4.69) is 15.2 Å². The fourth-order valence-corrected chi connectivity index (χ4v) is 4.27. The molecule has 27 heavy (non-hydrogen) atoms. The van der Waals surface area contributed by atoms with Crippen molar-refractivity contribution in [3.8, 4) is 0 Å². The van der Waals surface area contributed by atoms with Crippen LogP contribution in [0.15, 0.2) is 53.4 Å². The average Bonchev–Trinajstić information content (AvgIpc) is 2.66. The van der Waals surface area contributed by atoms with E-state index >= 15 is 0 Å². The normalized spacial score (nSPS) is 18.2. The number of rotatable bonds is 7. The maximum absolute atomic E-state index is 12.5. The second kappa shape index (κ2) is 8.73. The van der Waals surface area contributed by atoms with Gasteiger partial charge in [-0.3, -0.25) is 4.72 Å². The van der Waals surface area contributed by atoms with Gasteiger partial charge in [-0.15, -0.1) is 0 Å². The largest absolute Gasteiger partial charge is 0.377 e. The summed E-state index contributed by atoms with van der Waals surface area (Å²) in [7, 11) is -3.60. The van der Waals surface area contributed by atoms with E-state index in [1.165, 1.54) is 0 Å². The molecule has 2 aromatic rings. The highest BCUT2D eigenvalue weighted by atomic mass is 32.2. The number of nitrogens with one attached hydrogen (secondary N) is 2. The summed E-state index contributed by atoms with van der Waals surface area (Å²) in [6.45, 7) is 6.48. The Kier molecular flexibility index (Phi) is 6.36. The number of hydrazine groups is 1. The number of ether oxygens (including phenoxy) is 1. The molecule has 0 amide bonds. The topological polar surface area (TPSA) is 70.7 Å². The Labute approximate surface area is 161 Å². The highest BCUT2D eigenvalue weighted by Gasteiger charge is 2.21. The molecule has 1 unspecified atom stereocenters. The molecule has 1 aliphatic rings. The van der Waals surface area contributed by atoms with Gasteiger partial charge in [0.1, 0.15) is 0 Å². The highest BCUT2D eigenvalue weighted by Crippen LogP contribution is 2.24. The smallest absolute Gasteiger partial charge is 0.261 e. The van der Waals surface area contributed by atoms with Crippen molar-refractivity contribution in [2.24, 2.45) is 0 Å². The van der Waals surface area contributed by atoms with Crippen LogP contribution in [0.3, 0.4) is 0 Å². The monoisotopic (exact) mass is 389 g/mol. The summed E-state index contributed by atoms with van der Waals surface area (Å²) >= 11 is 0. The van der Waals surface area contributed by atoms with Crippen molar-refractivity contribution in [2.45, 2.75) is 37.7 Å². The van der Waals surface area contributed by atoms with Crippen LogP contribution >= 0.6 is 0 Å². The first-order valence-electron chi connectivity index (χ1n) is 9.29. The second-order valence-corrected chi connectivity index (χ2v) is 8.41. The van der Waals surface area contributed by atoms with Gasteiger partial charge in [0.25, 0.3) is 10.0 Å². The zero-order valence-electron chi connectivity index (χ0n) is 15.8. The van der Waals surface area contributed by atoms with Crippen LogP contribution in [0.25, 0.3) is 0 Å². The first kappa shape index (κ1) is 19.7. The second-order valence-electron chi connectivity index (χ2n) is 6.73. The molecule has 6 nitrogen and oxygen atoms in total. The van der Waals surface area contributed by atoms with Crippen LogP contribution in [-0.4, -0.2) is 39.2 Å². The van der Waals surface area contributed by atoms with E-state index in [9.17, 15) is 8.42 Å². The molecule has 0 spiro atoms. The van der Waals surface area contributed by atoms with Crippen LogP contribution in [0.2, 0.25) is 0 Å². The zero-order valence-corrected chi connectivity index (χ0v) is 16.6. The van der Waals surface area contributed by atoms with Crippen molar-refractivity contribution in [1.82, 2.24) is 5.01 Å². The SMILES string of the molecule is CCOC1CCCN(Nc2cc(NS(=O)(=O)c3ccccc3)ccc2C)C1. The van der Waals surface area contributed by atoms with Crippen LogP contribution in [0.1, 0.15) is 25.3 Å². The standard InChI is InChI=1S/C20H27N3O3S/c1-3-26-18-8-7-13-23(15-18)21-20-14-17(12-11-16(20)2)22-27(24,25)19-9-5-4-6-10-19/h4-6,9-12,14,18,21-22H,3,7-8,13,15H2,1-2H3. The Morgan fingerprint density at radius 3 is 2.70 bits per heavy atom. The molecule has 0 radical (unpaired) electrons. The Morgan fingerprint density at radius 2 is 1.96 bits per heavy atom. The van der Waals surface area contributed by atoms with Crippen LogP contribution < -0.4 is 10.1 Å². The van der Waals surface area contributed by atoms with Crippen LogP contribution in [0.4, 0.5) is 11.4 Å². The molecule has 1 fully saturated rings. The van der Waals surface area contributed by atoms with Gasteiger partial charge in [0, 0.05) is 19.7 Å². The number of piperidine rings is 1. The summed E-state index contributed by atoms with van der Waals surface area (Å²) < 4.78 is 33.5. The minimum atomic E-state index is -3.60. The number of hydrogen-bond donors (Lipinski definition) is 2. The Morgan fingerprint density at radius 1 is 1.19 bits per heavy atom. The quantitative estimate of drug-likeness (QED) is 0.757. The van der Waals surface area contributed by atoms with E-state index in [0.29, 0.717) is 12.3 Å². The van der Waals surface area contributed by atoms with Gasteiger partial charge in [-0.2, -0.15) is 0 Å². The molecule has 1 atom stereocenters. The molecule has 3 rings (SSSR count). The van der Waals surface area contributed by atoms with E-state index < -0.39 is 10.0 Å². The first-order chi connectivity index (χ1) is 13.0. The molecule has 0 aliphatic carbocycles. The molecule has 1 heterocycles. The minimum absolute atomic E-state index is 0.233. The molecule has 7 heteroatoms. The maximum atomic E-state index is 12.5. The third-order valence-electron chi connectivity index (χ3n) is 4.60. The number of nitrogens with zero attached hydrogens (tertiary/aromatic N) is 1. The summed E-state index contributed by atoms with van der Waals surface area (Å²) in [5, 5.41) is 2.14. The summed E-state index contributed by atoms with van der Waals surface area (Å²) in [5.41, 5.74) is 5.90. The van der Waals surface area contributed by atoms with Crippen molar-refractivity contribution in [2.75, 3.05) is 29.8 Å². The molecule has 146 valence electrons. The maximum Gasteiger partial charge on any atom is 0.261 e. The van der Waals surface area contributed by atoms with Crippen molar-refractivity contribution < 1.29 is 13.2 Å². The van der Waals surface area contributed by atoms with E-state index in [0.717, 1.165) is 37.2 Å². The van der Waals surface area contributed by atoms with Gasteiger partial charge in [-0.05, 0) is 56.5 Å². The van der Waals surface area contributed by atoms with Gasteiger partial charge < -0.3 is 10.2 Å². The molecular weight excluding hydrogens is 362 g/mol. The van der Waals surface area contributed by atoms with Gasteiger partial charge in [0.15, 0.2) is 0 Å². The number of benzene rings is 2. The molecule has 1 aliphatic heterocycles. The third kappa shape index (κ3) is 5.22. The Hall–Kier alpha value is -2.09. The summed E-state index contributed by atoms with van der Waals surface area (Å²) in [4.78, 5) is 0.246. The van der Waals surface area contributed by atoms with Gasteiger partial charge >= 0.3 is 0 Å². The van der Waals surface area contributed by atoms with E-state index in [1.54, 1.807) is 36.4 Å². The van der Waals surface area contributed by atoms with Crippen molar-refractivity contribution in [1.29, 1.82) is 0 Å². The van der Waals surface area contributed by atoms with E-state index in [1.807, 2.05) is 26.0 Å². The molecule has 2 aromatic carbocycles. The van der Waals surface area contributed by atoms with Crippen molar-refractivity contribution in [3.05, 3.63) is 54.1 Å². The summed E-state index contributed by atoms with van der Waals surface area (Å²) in [5.74, 6) is 0. The number of anilines is 2. The number of hydrogen-bond acceptors (Lipinski definition) is 5. The average molecular weight is 390 g/mol. The molecule has 1 saturated heterocycles. The van der Waals surface area contributed by atoms with Gasteiger partial charge in [-0.25, -0.2) is 13.4 Å². The van der Waals surface area contributed by atoms with Crippen LogP contribution in [0.5, 0.6) is 0 Å². The zero-order chi connectivity index (χ0) is 19.3. The lowest BCUT2D eigenvalue weighted by molar-refractivity contribution is 0.0130. The molecule has 2 N–H and O–H groups in total. The lowest BCUT2D eigenvalue weighted by atomic mass is 10.1. The lowest BCUT2D eigenvalue weighted by Crippen LogP contribution is -2.43. The molecule has 0 bridgehead atoms. The number of sulfonamides is 1. The third-order valence-corrected chi connectivity index (χ3v) is 6.00. The van der Waals surface area contributed by atoms with Gasteiger partial charge in [0.05, 0.1) is 22.4 Å². The fraction of sp³-hybridized carbons (Fsp3) is 0.400. The molecule has 0 aromatic heterocycles. The summed E-state index contributed by atoms with van der Waals surface area (Å²) in [6, 6.07) is 13.9. The molecular formula is C20H27N3O3S. The Bertz CT molecular complexity index is 854. The predicted molar refractivity (Wildman–Crippen MR) is 108 cm³/mol. The molecule has 0 saturated carbocycles. The highest BCUT2D eigenvalue weighted by molar-refractivity contribution is 7.92. The summed E-state index contributed by atoms with van der Waals surface area (Å²) in [6.07, 6.45) is 2.37. The minimum Gasteiger partial charge on any atom is -0.377 e. The van der Waals surface area contributed by atoms with Gasteiger partial charge in [0.2, 0.25) is 0 Å². The Balaban J connectivity index is 1.73.